The normalized spacial score (nSPS) is 17.4. The third kappa shape index (κ3) is 8.08. The quantitative estimate of drug-likeness (QED) is 0.115. The van der Waals surface area contributed by atoms with Crippen molar-refractivity contribution in [2.75, 3.05) is 27.3 Å². The summed E-state index contributed by atoms with van der Waals surface area (Å²) in [7, 11) is 2.55. The van der Waals surface area contributed by atoms with Crippen LogP contribution in [0.25, 0.3) is 44.5 Å². The number of alkyl carbamates (subject to hydrolysis) is 2. The molecule has 5 heterocycles. The largest absolute Gasteiger partial charge is 0.453 e. The topological polar surface area (TPSA) is 188 Å². The van der Waals surface area contributed by atoms with Gasteiger partial charge in [0.05, 0.1) is 55.8 Å². The molecule has 4 atom stereocenters. The van der Waals surface area contributed by atoms with Crippen molar-refractivity contribution < 1.29 is 28.7 Å². The molecule has 0 saturated carbocycles. The zero-order chi connectivity index (χ0) is 41.0. The van der Waals surface area contributed by atoms with E-state index in [0.29, 0.717) is 30.3 Å². The monoisotopic (exact) mass is 795 g/mol. The minimum Gasteiger partial charge on any atom is -0.453 e. The summed E-state index contributed by atoms with van der Waals surface area (Å²) in [6, 6.07) is 23.5. The van der Waals surface area contributed by atoms with Gasteiger partial charge in [-0.25, -0.2) is 19.6 Å². The molecule has 59 heavy (non-hydrogen) atoms. The number of rotatable bonds is 10. The summed E-state index contributed by atoms with van der Waals surface area (Å²) in [6.45, 7) is 2.78. The molecule has 3 aromatic heterocycles. The van der Waals surface area contributed by atoms with Gasteiger partial charge in [0, 0.05) is 36.0 Å². The number of methoxy groups -OCH3 is 2. The van der Waals surface area contributed by atoms with E-state index in [4.69, 9.17) is 9.72 Å². The van der Waals surface area contributed by atoms with Crippen LogP contribution in [-0.2, 0) is 19.1 Å². The van der Waals surface area contributed by atoms with E-state index in [1.807, 2.05) is 54.7 Å². The van der Waals surface area contributed by atoms with Crippen LogP contribution in [0.15, 0.2) is 97.5 Å². The van der Waals surface area contributed by atoms with Gasteiger partial charge < -0.3 is 39.9 Å². The zero-order valence-electron chi connectivity index (χ0n) is 33.0. The molecule has 0 aliphatic carbocycles. The maximum atomic E-state index is 13.9. The van der Waals surface area contributed by atoms with Crippen LogP contribution < -0.4 is 10.6 Å². The number of amides is 4. The first-order valence-electron chi connectivity index (χ1n) is 19.7. The summed E-state index contributed by atoms with van der Waals surface area (Å²) in [4.78, 5) is 75.5. The van der Waals surface area contributed by atoms with Crippen LogP contribution in [0.2, 0.25) is 0 Å². The molecule has 15 heteroatoms. The average Bonchev–Trinajstić information content (AvgIpc) is 4.12. The van der Waals surface area contributed by atoms with Crippen LogP contribution in [0.5, 0.6) is 0 Å². The molecule has 6 aromatic rings. The van der Waals surface area contributed by atoms with E-state index in [1.165, 1.54) is 14.2 Å². The minimum absolute atomic E-state index is 0.177. The first-order chi connectivity index (χ1) is 28.7. The van der Waals surface area contributed by atoms with Crippen LogP contribution in [0, 0.1) is 0 Å². The summed E-state index contributed by atoms with van der Waals surface area (Å²) in [5, 5.41) is 7.38. The summed E-state index contributed by atoms with van der Waals surface area (Å²) in [5.74, 6) is 0.989. The van der Waals surface area contributed by atoms with E-state index in [-0.39, 0.29) is 23.9 Å². The molecule has 4 amide bonds. The van der Waals surface area contributed by atoms with Gasteiger partial charge in [-0.1, -0.05) is 54.6 Å². The molecular formula is C44H45N9O6. The molecule has 0 radical (unpaired) electrons. The second-order valence-electron chi connectivity index (χ2n) is 14.8. The summed E-state index contributed by atoms with van der Waals surface area (Å²) in [6.07, 6.45) is 7.22. The molecule has 2 aliphatic heterocycles. The Bertz CT molecular complexity index is 2480. The van der Waals surface area contributed by atoms with E-state index in [2.05, 4.69) is 65.6 Å². The molecule has 2 fully saturated rings. The van der Waals surface area contributed by atoms with Crippen LogP contribution in [-0.4, -0.2) is 92.1 Å². The predicted molar refractivity (Wildman–Crippen MR) is 219 cm³/mol. The fourth-order valence-corrected chi connectivity index (χ4v) is 8.05. The van der Waals surface area contributed by atoms with Crippen molar-refractivity contribution in [3.05, 3.63) is 115 Å². The predicted octanol–water partition coefficient (Wildman–Crippen LogP) is 6.85. The smallest absolute Gasteiger partial charge is 0.407 e. The van der Waals surface area contributed by atoms with Gasteiger partial charge in [0.25, 0.3) is 5.91 Å². The summed E-state index contributed by atoms with van der Waals surface area (Å²) >= 11 is 0. The zero-order valence-corrected chi connectivity index (χ0v) is 33.0. The van der Waals surface area contributed by atoms with Crippen LogP contribution >= 0.6 is 0 Å². The molecular weight excluding hydrogens is 751 g/mol. The maximum Gasteiger partial charge on any atom is 0.407 e. The van der Waals surface area contributed by atoms with Crippen molar-refractivity contribution in [2.24, 2.45) is 0 Å². The van der Waals surface area contributed by atoms with Crippen LogP contribution in [0.1, 0.15) is 67.9 Å². The Morgan fingerprint density at radius 2 is 1.22 bits per heavy atom. The lowest BCUT2D eigenvalue weighted by atomic mass is 10.0. The number of aromatic amines is 2. The molecule has 2 saturated heterocycles. The number of carbonyl (C=O) groups is 4. The highest BCUT2D eigenvalue weighted by atomic mass is 16.5. The number of pyridine rings is 1. The molecule has 302 valence electrons. The molecule has 0 spiro atoms. The molecule has 0 bridgehead atoms. The SMILES string of the molecule is COC(=O)N[C@@H](C)C(=O)N1CCC[C@H]1c1ncc(-c2ccc3cc(-c4ccc(-c5cnc([C@@H]6CCCN6C(=O)[C@H](NC(=O)OC)c6ccccc6)[nH]5)cn4)ccc3c2)[nH]1. The number of nitrogens with one attached hydrogen (secondary N) is 4. The number of benzene rings is 3. The van der Waals surface area contributed by atoms with Gasteiger partial charge in [-0.15, -0.1) is 0 Å². The minimum atomic E-state index is -0.889. The van der Waals surface area contributed by atoms with E-state index in [9.17, 15) is 19.2 Å². The summed E-state index contributed by atoms with van der Waals surface area (Å²) in [5.41, 5.74) is 5.94. The Balaban J connectivity index is 0.940. The van der Waals surface area contributed by atoms with Crippen molar-refractivity contribution in [2.45, 2.75) is 56.8 Å². The number of hydrogen-bond acceptors (Lipinski definition) is 9. The Labute approximate surface area is 340 Å². The number of nitrogens with zero attached hydrogens (tertiary/aromatic N) is 5. The van der Waals surface area contributed by atoms with Crippen molar-refractivity contribution >= 4 is 34.8 Å². The second-order valence-corrected chi connectivity index (χ2v) is 14.8. The number of carbonyl (C=O) groups excluding carboxylic acids is 4. The van der Waals surface area contributed by atoms with Crippen molar-refractivity contribution in [1.82, 2.24) is 45.4 Å². The van der Waals surface area contributed by atoms with Crippen molar-refractivity contribution in [3.63, 3.8) is 0 Å². The number of ether oxygens (including phenoxy) is 2. The summed E-state index contributed by atoms with van der Waals surface area (Å²) < 4.78 is 9.48. The maximum absolute atomic E-state index is 13.9. The number of hydrogen-bond donors (Lipinski definition) is 4. The number of aromatic nitrogens is 5. The van der Waals surface area contributed by atoms with Gasteiger partial charge in [-0.05, 0) is 73.2 Å². The highest BCUT2D eigenvalue weighted by molar-refractivity contribution is 5.91. The highest BCUT2D eigenvalue weighted by Crippen LogP contribution is 2.36. The standard InChI is InChI=1S/C44H45N9O6/c1-26(48-43(56)58-2)41(54)52-19-7-11-36(52)39-46-24-34(49-39)31-16-14-28-21-30(15-13-29(28)22-31)33-18-17-32(23-45-33)35-25-47-40(50-35)37-12-8-20-53(37)42(55)38(51-44(57)59-3)27-9-5-4-6-10-27/h4-6,9-10,13-18,21-26,36-38H,7-8,11-12,19-20H2,1-3H3,(H,46,49)(H,47,50)(H,48,56)(H,51,57)/t26-,36-,37-,38+/m0/s1. The van der Waals surface area contributed by atoms with Gasteiger partial charge in [0.15, 0.2) is 0 Å². The third-order valence-electron chi connectivity index (χ3n) is 11.1. The molecule has 8 rings (SSSR count). The molecule has 4 N–H and O–H groups in total. The first-order valence-corrected chi connectivity index (χ1v) is 19.7. The fraction of sp³-hybridized carbons (Fsp3) is 0.295. The van der Waals surface area contributed by atoms with Crippen LogP contribution in [0.4, 0.5) is 9.59 Å². The Morgan fingerprint density at radius 3 is 1.83 bits per heavy atom. The van der Waals surface area contributed by atoms with E-state index in [0.717, 1.165) is 70.2 Å². The fourth-order valence-electron chi connectivity index (χ4n) is 8.05. The number of fused-ring (bicyclic) bond motifs is 1. The average molecular weight is 796 g/mol. The highest BCUT2D eigenvalue weighted by Gasteiger charge is 2.37. The Hall–Kier alpha value is -7.03. The third-order valence-corrected chi connectivity index (χ3v) is 11.1. The molecule has 0 unspecified atom stereocenters. The van der Waals surface area contributed by atoms with Gasteiger partial charge in [-0.3, -0.25) is 14.6 Å². The van der Waals surface area contributed by atoms with Crippen LogP contribution in [0.3, 0.4) is 0 Å². The number of likely N-dealkylation sites (tertiary alicyclic amines) is 2. The molecule has 2 aliphatic rings. The van der Waals surface area contributed by atoms with Gasteiger partial charge >= 0.3 is 12.2 Å². The second kappa shape index (κ2) is 16.8. The Morgan fingerprint density at radius 1 is 0.661 bits per heavy atom. The number of imidazole rings is 2. The lowest BCUT2D eigenvalue weighted by Gasteiger charge is -2.28. The van der Waals surface area contributed by atoms with E-state index < -0.39 is 24.3 Å². The van der Waals surface area contributed by atoms with Gasteiger partial charge in [-0.2, -0.15) is 0 Å². The van der Waals surface area contributed by atoms with Crippen molar-refractivity contribution in [3.8, 4) is 33.8 Å². The molecule has 15 nitrogen and oxygen atoms in total. The Kier molecular flexibility index (Phi) is 11.1. The van der Waals surface area contributed by atoms with Gasteiger partial charge in [0.1, 0.15) is 23.7 Å². The van der Waals surface area contributed by atoms with Gasteiger partial charge in [0.2, 0.25) is 5.91 Å². The lowest BCUT2D eigenvalue weighted by Crippen LogP contribution is -2.46. The first kappa shape index (κ1) is 38.8. The lowest BCUT2D eigenvalue weighted by molar-refractivity contribution is -0.135. The van der Waals surface area contributed by atoms with E-state index in [1.54, 1.807) is 29.1 Å². The molecule has 3 aromatic carbocycles. The van der Waals surface area contributed by atoms with Crippen molar-refractivity contribution in [1.29, 1.82) is 0 Å². The van der Waals surface area contributed by atoms with E-state index >= 15 is 0 Å². The number of H-pyrrole nitrogens is 2.